The van der Waals surface area contributed by atoms with Crippen molar-refractivity contribution in [1.29, 1.82) is 0 Å². The molecule has 1 aliphatic carbocycles. The number of amides is 1. The molecule has 8 heteroatoms. The molecule has 1 fully saturated rings. The third kappa shape index (κ3) is 2.72. The normalized spacial score (nSPS) is 22.1. The molecule has 0 aromatic carbocycles. The average Bonchev–Trinajstić information content (AvgIpc) is 2.96. The number of H-pyrrole nitrogens is 1. The lowest BCUT2D eigenvalue weighted by Crippen LogP contribution is -2.40. The summed E-state index contributed by atoms with van der Waals surface area (Å²) < 4.78 is 0. The van der Waals surface area contributed by atoms with Gasteiger partial charge in [-0.05, 0) is 23.8 Å². The van der Waals surface area contributed by atoms with Crippen LogP contribution in [0.4, 0.5) is 5.82 Å². The molecule has 2 atom stereocenters. The van der Waals surface area contributed by atoms with E-state index < -0.39 is 28.8 Å². The molecular formula is C11H13N3O5. The minimum Gasteiger partial charge on any atom is -0.481 e. The van der Waals surface area contributed by atoms with Crippen LogP contribution in [0.5, 0.6) is 0 Å². The molecule has 8 nitrogen and oxygen atoms in total. The Balaban J connectivity index is 2.04. The third-order valence-corrected chi connectivity index (χ3v) is 3.26. The monoisotopic (exact) mass is 267 g/mol. The highest BCUT2D eigenvalue weighted by Gasteiger charge is 2.34. The third-order valence-electron chi connectivity index (χ3n) is 3.26. The number of hydrogen-bond acceptors (Lipinski definition) is 4. The summed E-state index contributed by atoms with van der Waals surface area (Å²) in [6.45, 7) is 0. The van der Waals surface area contributed by atoms with Crippen molar-refractivity contribution < 1.29 is 19.6 Å². The van der Waals surface area contributed by atoms with Gasteiger partial charge in [-0.2, -0.15) is 0 Å². The summed E-state index contributed by atoms with van der Waals surface area (Å²) >= 11 is 0. The van der Waals surface area contributed by atoms with E-state index >= 15 is 0 Å². The first-order valence-electron chi connectivity index (χ1n) is 5.86. The molecule has 0 spiro atoms. The first-order chi connectivity index (χ1) is 8.99. The Morgan fingerprint density at radius 1 is 1.42 bits per heavy atom. The molecule has 3 N–H and O–H groups in total. The van der Waals surface area contributed by atoms with E-state index in [1.807, 2.05) is 0 Å². The molecule has 0 bridgehead atoms. The Morgan fingerprint density at radius 2 is 2.16 bits per heavy atom. The molecule has 0 saturated heterocycles. The smallest absolute Gasteiger partial charge is 0.321 e. The lowest BCUT2D eigenvalue weighted by Gasteiger charge is -2.16. The van der Waals surface area contributed by atoms with Gasteiger partial charge < -0.3 is 20.5 Å². The molecule has 0 radical (unpaired) electrons. The molecule has 102 valence electrons. The van der Waals surface area contributed by atoms with Crippen molar-refractivity contribution in [2.45, 2.75) is 25.3 Å². The summed E-state index contributed by atoms with van der Waals surface area (Å²) in [5.41, 5.74) is 0.0581. The van der Waals surface area contributed by atoms with Crippen molar-refractivity contribution in [1.82, 2.24) is 10.3 Å². The van der Waals surface area contributed by atoms with Gasteiger partial charge in [0.2, 0.25) is 0 Å². The average molecular weight is 267 g/mol. The lowest BCUT2D eigenvalue weighted by molar-refractivity contribution is -0.389. The molecule has 1 heterocycles. The number of nitrogens with one attached hydrogen (secondary N) is 2. The van der Waals surface area contributed by atoms with Crippen LogP contribution in [0.3, 0.4) is 0 Å². The van der Waals surface area contributed by atoms with Crippen molar-refractivity contribution in [3.63, 3.8) is 0 Å². The van der Waals surface area contributed by atoms with E-state index in [1.54, 1.807) is 0 Å². The highest BCUT2D eigenvalue weighted by atomic mass is 16.6. The van der Waals surface area contributed by atoms with Gasteiger partial charge in [0.15, 0.2) is 5.69 Å². The molecule has 1 aromatic heterocycles. The maximum absolute atomic E-state index is 11.8. The van der Waals surface area contributed by atoms with Gasteiger partial charge in [0.25, 0.3) is 5.91 Å². The Labute approximate surface area is 108 Å². The molecule has 0 aliphatic heterocycles. The van der Waals surface area contributed by atoms with Gasteiger partial charge in [0.1, 0.15) is 0 Å². The summed E-state index contributed by atoms with van der Waals surface area (Å²) in [6, 6.07) is 2.07. The van der Waals surface area contributed by atoms with Gasteiger partial charge in [-0.25, -0.2) is 4.98 Å². The second kappa shape index (κ2) is 5.09. The molecule has 1 aromatic rings. The highest BCUT2D eigenvalue weighted by molar-refractivity contribution is 5.93. The molecule has 1 aliphatic rings. The maximum Gasteiger partial charge on any atom is 0.321 e. The zero-order valence-electron chi connectivity index (χ0n) is 9.96. The molecule has 2 rings (SSSR count). The van der Waals surface area contributed by atoms with Crippen LogP contribution >= 0.6 is 0 Å². The number of aliphatic carboxylic acids is 1. The number of carbonyl (C=O) groups is 2. The van der Waals surface area contributed by atoms with Crippen LogP contribution in [-0.2, 0) is 4.79 Å². The maximum atomic E-state index is 11.8. The highest BCUT2D eigenvalue weighted by Crippen LogP contribution is 2.26. The van der Waals surface area contributed by atoms with Gasteiger partial charge in [0.05, 0.1) is 5.92 Å². The number of aromatic amines is 1. The predicted octanol–water partition coefficient (Wildman–Crippen LogP) is 0.906. The zero-order valence-corrected chi connectivity index (χ0v) is 9.96. The van der Waals surface area contributed by atoms with Gasteiger partial charge in [-0.1, -0.05) is 6.42 Å². The molecule has 19 heavy (non-hydrogen) atoms. The minimum atomic E-state index is -0.930. The number of carboxylic acids is 1. The molecule has 1 amide bonds. The van der Waals surface area contributed by atoms with Crippen LogP contribution in [0.15, 0.2) is 12.1 Å². The fourth-order valence-corrected chi connectivity index (χ4v) is 2.30. The summed E-state index contributed by atoms with van der Waals surface area (Å²) in [5.74, 6) is -2.31. The quantitative estimate of drug-likeness (QED) is 0.552. The second-order valence-corrected chi connectivity index (χ2v) is 4.47. The van der Waals surface area contributed by atoms with Crippen molar-refractivity contribution >= 4 is 17.7 Å². The van der Waals surface area contributed by atoms with Crippen molar-refractivity contribution in [2.75, 3.05) is 0 Å². The van der Waals surface area contributed by atoms with E-state index in [0.29, 0.717) is 12.8 Å². The minimum absolute atomic E-state index is 0.0581. The number of carbonyl (C=O) groups excluding carboxylic acids is 1. The van der Waals surface area contributed by atoms with E-state index in [-0.39, 0.29) is 11.5 Å². The van der Waals surface area contributed by atoms with E-state index in [9.17, 15) is 19.7 Å². The van der Waals surface area contributed by atoms with E-state index in [1.165, 1.54) is 12.1 Å². The number of carboxylic acid groups (broad SMARTS) is 1. The van der Waals surface area contributed by atoms with Crippen LogP contribution in [0, 0.1) is 16.0 Å². The fourth-order valence-electron chi connectivity index (χ4n) is 2.30. The largest absolute Gasteiger partial charge is 0.481 e. The van der Waals surface area contributed by atoms with Gasteiger partial charge >= 0.3 is 11.8 Å². The summed E-state index contributed by atoms with van der Waals surface area (Å²) in [5, 5.41) is 22.1. The molecular weight excluding hydrogens is 254 g/mol. The number of rotatable bonds is 4. The number of hydrogen-bond donors (Lipinski definition) is 3. The zero-order chi connectivity index (χ0) is 14.0. The first-order valence-corrected chi connectivity index (χ1v) is 5.86. The lowest BCUT2D eigenvalue weighted by atomic mass is 10.0. The van der Waals surface area contributed by atoms with Crippen LogP contribution in [0.1, 0.15) is 29.8 Å². The topological polar surface area (TPSA) is 125 Å². The Bertz CT molecular complexity index is 524. The van der Waals surface area contributed by atoms with E-state index in [2.05, 4.69) is 10.3 Å². The van der Waals surface area contributed by atoms with Crippen molar-refractivity contribution in [2.24, 2.45) is 5.92 Å². The summed E-state index contributed by atoms with van der Waals surface area (Å²) in [6.07, 6.45) is 1.88. The summed E-state index contributed by atoms with van der Waals surface area (Å²) in [7, 11) is 0. The fraction of sp³-hybridized carbons (Fsp3) is 0.455. The van der Waals surface area contributed by atoms with Crippen LogP contribution in [0.25, 0.3) is 0 Å². The van der Waals surface area contributed by atoms with Crippen LogP contribution < -0.4 is 5.32 Å². The first kappa shape index (κ1) is 13.1. The number of nitrogens with zero attached hydrogens (tertiary/aromatic N) is 1. The second-order valence-electron chi connectivity index (χ2n) is 4.47. The molecule has 2 unspecified atom stereocenters. The Hall–Kier alpha value is -2.38. The Kier molecular flexibility index (Phi) is 3.50. The molecule has 1 saturated carbocycles. The van der Waals surface area contributed by atoms with Crippen molar-refractivity contribution in [3.8, 4) is 0 Å². The standard InChI is InChI=1S/C11H13N3O5/c15-10(8-4-5-9(12-8)14(18)19)13-7-3-1-2-6(7)11(16)17/h4-7,12H,1-3H2,(H,13,15)(H,16,17). The number of aromatic nitrogens is 1. The SMILES string of the molecule is O=C(NC1CCCC1C(=O)O)c1ccc([N+](=O)[O-])[nH]1. The summed E-state index contributed by atoms with van der Waals surface area (Å²) in [4.78, 5) is 35.0. The number of nitro groups is 1. The van der Waals surface area contributed by atoms with Crippen molar-refractivity contribution in [3.05, 3.63) is 27.9 Å². The van der Waals surface area contributed by atoms with Gasteiger partial charge in [-0.3, -0.25) is 9.59 Å². The van der Waals surface area contributed by atoms with Gasteiger partial charge in [-0.15, -0.1) is 0 Å². The Morgan fingerprint density at radius 3 is 2.74 bits per heavy atom. The van der Waals surface area contributed by atoms with Crippen LogP contribution in [-0.4, -0.2) is 32.9 Å². The predicted molar refractivity (Wildman–Crippen MR) is 63.7 cm³/mol. The van der Waals surface area contributed by atoms with Crippen LogP contribution in [0.2, 0.25) is 0 Å². The van der Waals surface area contributed by atoms with E-state index in [4.69, 9.17) is 5.11 Å². The van der Waals surface area contributed by atoms with E-state index in [0.717, 1.165) is 6.42 Å². The van der Waals surface area contributed by atoms with Gasteiger partial charge in [0, 0.05) is 12.1 Å².